The Labute approximate surface area is 110 Å². The van der Waals surface area contributed by atoms with E-state index in [9.17, 15) is 0 Å². The second kappa shape index (κ2) is 6.37. The van der Waals surface area contributed by atoms with Crippen LogP contribution in [0.5, 0.6) is 0 Å². The minimum Gasteiger partial charge on any atom is -0.293 e. The van der Waals surface area contributed by atoms with E-state index in [1.165, 1.54) is 5.56 Å². The van der Waals surface area contributed by atoms with Gasteiger partial charge in [-0.1, -0.05) is 49.4 Å². The molecule has 2 nitrogen and oxygen atoms in total. The third-order valence-electron chi connectivity index (χ3n) is 3.61. The van der Waals surface area contributed by atoms with Gasteiger partial charge in [-0.25, -0.2) is 0 Å². The van der Waals surface area contributed by atoms with Crippen molar-refractivity contribution < 1.29 is 0 Å². The van der Waals surface area contributed by atoms with Gasteiger partial charge in [0.05, 0.1) is 12.0 Å². The van der Waals surface area contributed by atoms with Crippen molar-refractivity contribution in [2.45, 2.75) is 32.4 Å². The predicted molar refractivity (Wildman–Crippen MR) is 73.8 cm³/mol. The lowest BCUT2D eigenvalue weighted by molar-refractivity contribution is 0.212. The molecule has 2 atom stereocenters. The minimum atomic E-state index is 0.122. The van der Waals surface area contributed by atoms with Gasteiger partial charge in [-0.3, -0.25) is 4.90 Å². The number of hydrogen-bond acceptors (Lipinski definition) is 2. The van der Waals surface area contributed by atoms with Crippen molar-refractivity contribution in [3.8, 4) is 6.07 Å². The first-order valence-electron chi connectivity index (χ1n) is 6.69. The summed E-state index contributed by atoms with van der Waals surface area (Å²) in [4.78, 5) is 2.47. The van der Waals surface area contributed by atoms with Gasteiger partial charge in [0.2, 0.25) is 0 Å². The third-order valence-corrected chi connectivity index (χ3v) is 3.61. The molecule has 0 saturated heterocycles. The summed E-state index contributed by atoms with van der Waals surface area (Å²) in [6.45, 7) is 4.23. The largest absolute Gasteiger partial charge is 0.293 e. The van der Waals surface area contributed by atoms with Crippen molar-refractivity contribution >= 4 is 0 Å². The van der Waals surface area contributed by atoms with Crippen molar-refractivity contribution in [2.24, 2.45) is 5.92 Å². The monoisotopic (exact) mass is 240 g/mol. The molecule has 0 aromatic heterocycles. The van der Waals surface area contributed by atoms with Gasteiger partial charge in [0.1, 0.15) is 0 Å². The first kappa shape index (κ1) is 12.9. The Morgan fingerprint density at radius 2 is 2.00 bits per heavy atom. The molecular formula is C16H20N2. The number of rotatable bonds is 4. The fourth-order valence-electron chi connectivity index (χ4n) is 2.50. The number of allylic oxidation sites excluding steroid dienone is 1. The molecule has 1 aliphatic rings. The lowest BCUT2D eigenvalue weighted by Gasteiger charge is -2.31. The highest BCUT2D eigenvalue weighted by atomic mass is 15.1. The summed E-state index contributed by atoms with van der Waals surface area (Å²) in [5, 5.41) is 8.89. The van der Waals surface area contributed by atoms with Gasteiger partial charge >= 0.3 is 0 Å². The van der Waals surface area contributed by atoms with Crippen LogP contribution in [0.25, 0.3) is 0 Å². The zero-order chi connectivity index (χ0) is 12.8. The lowest BCUT2D eigenvalue weighted by atomic mass is 9.93. The summed E-state index contributed by atoms with van der Waals surface area (Å²) in [6.07, 6.45) is 6.37. The second-order valence-electron chi connectivity index (χ2n) is 4.81. The van der Waals surface area contributed by atoms with E-state index in [-0.39, 0.29) is 5.92 Å². The summed E-state index contributed by atoms with van der Waals surface area (Å²) in [6, 6.07) is 13.4. The highest BCUT2D eigenvalue weighted by Crippen LogP contribution is 2.22. The molecule has 0 fully saturated rings. The molecule has 2 rings (SSSR count). The van der Waals surface area contributed by atoms with Gasteiger partial charge in [0, 0.05) is 12.6 Å². The molecule has 18 heavy (non-hydrogen) atoms. The van der Waals surface area contributed by atoms with Crippen LogP contribution in [0.2, 0.25) is 0 Å². The van der Waals surface area contributed by atoms with Crippen molar-refractivity contribution in [2.75, 3.05) is 6.54 Å². The molecule has 2 heteroatoms. The first-order chi connectivity index (χ1) is 8.83. The van der Waals surface area contributed by atoms with E-state index in [0.29, 0.717) is 6.04 Å². The minimum absolute atomic E-state index is 0.122. The summed E-state index contributed by atoms with van der Waals surface area (Å²) in [5.41, 5.74) is 1.36. The fourth-order valence-corrected chi connectivity index (χ4v) is 2.50. The van der Waals surface area contributed by atoms with Crippen LogP contribution < -0.4 is 0 Å². The maximum absolute atomic E-state index is 8.89. The van der Waals surface area contributed by atoms with Crippen LogP contribution in [0.4, 0.5) is 0 Å². The van der Waals surface area contributed by atoms with Crippen LogP contribution in [0, 0.1) is 17.2 Å². The molecule has 0 radical (unpaired) electrons. The standard InChI is InChI=1S/C16H20N2/c1-2-18(13-15-6-4-3-5-7-15)16-10-8-14(12-17)9-11-16/h3-8,10,14,16H,2,9,11,13H2,1H3. The highest BCUT2D eigenvalue weighted by Gasteiger charge is 2.20. The van der Waals surface area contributed by atoms with Crippen LogP contribution >= 0.6 is 0 Å². The third kappa shape index (κ3) is 3.21. The van der Waals surface area contributed by atoms with Gasteiger partial charge < -0.3 is 0 Å². The van der Waals surface area contributed by atoms with Crippen LogP contribution in [0.1, 0.15) is 25.3 Å². The fraction of sp³-hybridized carbons (Fsp3) is 0.438. The maximum atomic E-state index is 8.89. The normalized spacial score (nSPS) is 22.9. The number of nitriles is 1. The summed E-state index contributed by atoms with van der Waals surface area (Å²) in [5.74, 6) is 0.122. The van der Waals surface area contributed by atoms with Gasteiger partial charge in [0.15, 0.2) is 0 Å². The highest BCUT2D eigenvalue weighted by molar-refractivity contribution is 5.16. The van der Waals surface area contributed by atoms with E-state index in [1.807, 2.05) is 0 Å². The van der Waals surface area contributed by atoms with E-state index in [0.717, 1.165) is 25.9 Å². The van der Waals surface area contributed by atoms with E-state index >= 15 is 0 Å². The Balaban J connectivity index is 2.00. The van der Waals surface area contributed by atoms with Crippen LogP contribution in [-0.2, 0) is 6.54 Å². The number of nitrogens with zero attached hydrogens (tertiary/aromatic N) is 2. The predicted octanol–water partition coefficient (Wildman–Crippen LogP) is 3.37. The van der Waals surface area contributed by atoms with Crippen LogP contribution in [0.15, 0.2) is 42.5 Å². The molecular weight excluding hydrogens is 220 g/mol. The zero-order valence-electron chi connectivity index (χ0n) is 10.9. The van der Waals surface area contributed by atoms with Crippen LogP contribution in [-0.4, -0.2) is 17.5 Å². The molecule has 1 aromatic carbocycles. The van der Waals surface area contributed by atoms with Gasteiger partial charge in [-0.2, -0.15) is 5.26 Å². The Morgan fingerprint density at radius 3 is 2.56 bits per heavy atom. The molecule has 0 bridgehead atoms. The number of likely N-dealkylation sites (N-methyl/N-ethyl adjacent to an activating group) is 1. The second-order valence-corrected chi connectivity index (χ2v) is 4.81. The maximum Gasteiger partial charge on any atom is 0.0697 e. The molecule has 94 valence electrons. The van der Waals surface area contributed by atoms with Gasteiger partial charge in [-0.05, 0) is 24.9 Å². The summed E-state index contributed by atoms with van der Waals surface area (Å²) in [7, 11) is 0. The SMILES string of the molecule is CCN(Cc1ccccc1)C1C=CC(C#N)CC1. The Hall–Kier alpha value is -1.59. The molecule has 2 unspecified atom stereocenters. The molecule has 0 N–H and O–H groups in total. The molecule has 0 spiro atoms. The van der Waals surface area contributed by atoms with Gasteiger partial charge in [0.25, 0.3) is 0 Å². The van der Waals surface area contributed by atoms with E-state index in [1.54, 1.807) is 0 Å². The van der Waals surface area contributed by atoms with Crippen molar-refractivity contribution in [1.29, 1.82) is 5.26 Å². The zero-order valence-corrected chi connectivity index (χ0v) is 10.9. The summed E-state index contributed by atoms with van der Waals surface area (Å²) < 4.78 is 0. The number of hydrogen-bond donors (Lipinski definition) is 0. The van der Waals surface area contributed by atoms with Crippen molar-refractivity contribution in [1.82, 2.24) is 4.90 Å². The molecule has 0 heterocycles. The smallest absolute Gasteiger partial charge is 0.0697 e. The van der Waals surface area contributed by atoms with Crippen molar-refractivity contribution in [3.63, 3.8) is 0 Å². The lowest BCUT2D eigenvalue weighted by Crippen LogP contribution is -2.35. The average Bonchev–Trinajstić information content (AvgIpc) is 2.46. The van der Waals surface area contributed by atoms with E-state index < -0.39 is 0 Å². The first-order valence-corrected chi connectivity index (χ1v) is 6.69. The quantitative estimate of drug-likeness (QED) is 0.754. The molecule has 0 amide bonds. The van der Waals surface area contributed by atoms with E-state index in [2.05, 4.69) is 60.4 Å². The molecule has 1 aromatic rings. The van der Waals surface area contributed by atoms with Crippen LogP contribution in [0.3, 0.4) is 0 Å². The molecule has 0 saturated carbocycles. The Morgan fingerprint density at radius 1 is 1.22 bits per heavy atom. The van der Waals surface area contributed by atoms with Crippen molar-refractivity contribution in [3.05, 3.63) is 48.0 Å². The topological polar surface area (TPSA) is 27.0 Å². The summed E-state index contributed by atoms with van der Waals surface area (Å²) >= 11 is 0. The molecule has 0 aliphatic heterocycles. The number of benzene rings is 1. The molecule has 1 aliphatic carbocycles. The van der Waals surface area contributed by atoms with Gasteiger partial charge in [-0.15, -0.1) is 0 Å². The Bertz CT molecular complexity index is 430. The average molecular weight is 240 g/mol. The Kier molecular flexibility index (Phi) is 4.55. The van der Waals surface area contributed by atoms with E-state index in [4.69, 9.17) is 5.26 Å².